The molecule has 0 saturated carbocycles. The lowest BCUT2D eigenvalue weighted by atomic mass is 9.92. The van der Waals surface area contributed by atoms with Gasteiger partial charge in [-0.2, -0.15) is 0 Å². The third kappa shape index (κ3) is 4.35. The Hall–Kier alpha value is -3.05. The topological polar surface area (TPSA) is 55.4 Å². The fourth-order valence-electron chi connectivity index (χ4n) is 3.79. The average Bonchev–Trinajstić information content (AvgIpc) is 2.84. The van der Waals surface area contributed by atoms with Gasteiger partial charge in [-0.1, -0.05) is 42.5 Å². The smallest absolute Gasteiger partial charge is 0.229 e. The van der Waals surface area contributed by atoms with E-state index in [1.54, 1.807) is 13.2 Å². The van der Waals surface area contributed by atoms with Gasteiger partial charge in [-0.15, -0.1) is 0 Å². The van der Waals surface area contributed by atoms with E-state index in [9.17, 15) is 8.42 Å². The van der Waals surface area contributed by atoms with Crippen LogP contribution in [0.15, 0.2) is 66.7 Å². The van der Waals surface area contributed by atoms with Crippen molar-refractivity contribution in [3.8, 4) is 5.75 Å². The number of ether oxygens (including phenoxy) is 1. The van der Waals surface area contributed by atoms with Gasteiger partial charge in [0.25, 0.3) is 0 Å². The summed E-state index contributed by atoms with van der Waals surface area (Å²) in [5, 5.41) is 0. The molecule has 4 rings (SSSR count). The average molecular weight is 406 g/mol. The van der Waals surface area contributed by atoms with E-state index in [0.717, 1.165) is 41.5 Å². The highest BCUT2D eigenvalue weighted by Gasteiger charge is 2.18. The number of hydrogen-bond donors (Lipinski definition) is 1. The number of sulfonamides is 1. The van der Waals surface area contributed by atoms with Gasteiger partial charge in [0.2, 0.25) is 10.0 Å². The number of benzene rings is 3. The van der Waals surface area contributed by atoms with Crippen LogP contribution in [0.25, 0.3) is 11.6 Å². The molecule has 0 heterocycles. The molecule has 4 nitrogen and oxygen atoms in total. The van der Waals surface area contributed by atoms with Gasteiger partial charge in [0, 0.05) is 5.69 Å². The van der Waals surface area contributed by atoms with Gasteiger partial charge in [-0.25, -0.2) is 8.42 Å². The van der Waals surface area contributed by atoms with Crippen molar-refractivity contribution in [3.63, 3.8) is 0 Å². The minimum absolute atomic E-state index is 0.551. The Bertz CT molecular complexity index is 1200. The molecule has 1 aliphatic rings. The summed E-state index contributed by atoms with van der Waals surface area (Å²) in [6.45, 7) is 0. The van der Waals surface area contributed by atoms with E-state index in [1.807, 2.05) is 24.3 Å². The van der Waals surface area contributed by atoms with E-state index < -0.39 is 10.0 Å². The van der Waals surface area contributed by atoms with Crippen LogP contribution >= 0.6 is 0 Å². The highest BCUT2D eigenvalue weighted by atomic mass is 32.2. The zero-order valence-corrected chi connectivity index (χ0v) is 17.3. The molecule has 0 aliphatic heterocycles. The van der Waals surface area contributed by atoms with Crippen LogP contribution in [0.1, 0.15) is 27.8 Å². The van der Waals surface area contributed by atoms with Crippen LogP contribution in [0.2, 0.25) is 0 Å². The lowest BCUT2D eigenvalue weighted by Gasteiger charge is -2.14. The summed E-state index contributed by atoms with van der Waals surface area (Å²) < 4.78 is 31.2. The van der Waals surface area contributed by atoms with E-state index in [0.29, 0.717) is 5.69 Å². The SMILES string of the molecule is COc1ccc2c(c1)/C(=C\c1cccc(NS(C)(=O)=O)c1)c1ccccc1CC2. The Morgan fingerprint density at radius 1 is 0.897 bits per heavy atom. The zero-order valence-electron chi connectivity index (χ0n) is 16.5. The molecule has 148 valence electrons. The molecule has 3 aromatic carbocycles. The quantitative estimate of drug-likeness (QED) is 0.681. The molecule has 0 aromatic heterocycles. The molecule has 0 bridgehead atoms. The maximum Gasteiger partial charge on any atom is 0.229 e. The maximum atomic E-state index is 11.6. The molecule has 0 amide bonds. The zero-order chi connectivity index (χ0) is 20.4. The van der Waals surface area contributed by atoms with Gasteiger partial charge in [0.15, 0.2) is 0 Å². The van der Waals surface area contributed by atoms with Gasteiger partial charge in [-0.05, 0) is 76.6 Å². The van der Waals surface area contributed by atoms with Crippen molar-refractivity contribution in [3.05, 3.63) is 94.5 Å². The second-order valence-corrected chi connectivity index (χ2v) is 8.99. The van der Waals surface area contributed by atoms with Crippen LogP contribution in [0, 0.1) is 0 Å². The first-order valence-corrected chi connectivity index (χ1v) is 11.4. The van der Waals surface area contributed by atoms with Gasteiger partial charge in [-0.3, -0.25) is 4.72 Å². The first kappa shape index (κ1) is 19.3. The number of methoxy groups -OCH3 is 1. The fourth-order valence-corrected chi connectivity index (χ4v) is 4.35. The monoisotopic (exact) mass is 405 g/mol. The van der Waals surface area contributed by atoms with Gasteiger partial charge < -0.3 is 4.74 Å². The Kier molecular flexibility index (Phi) is 5.16. The van der Waals surface area contributed by atoms with Crippen LogP contribution in [-0.4, -0.2) is 21.8 Å². The number of anilines is 1. The summed E-state index contributed by atoms with van der Waals surface area (Å²) in [5.41, 5.74) is 7.52. The normalized spacial score (nSPS) is 14.6. The molecule has 3 aromatic rings. The molecule has 0 spiro atoms. The summed E-state index contributed by atoms with van der Waals surface area (Å²) in [5.74, 6) is 0.821. The number of rotatable bonds is 4. The molecule has 0 fully saturated rings. The number of fused-ring (bicyclic) bond motifs is 2. The van der Waals surface area contributed by atoms with Crippen molar-refractivity contribution < 1.29 is 13.2 Å². The summed E-state index contributed by atoms with van der Waals surface area (Å²) in [7, 11) is -1.65. The van der Waals surface area contributed by atoms with E-state index in [2.05, 4.69) is 47.2 Å². The first-order chi connectivity index (χ1) is 13.9. The molecule has 1 N–H and O–H groups in total. The first-order valence-electron chi connectivity index (χ1n) is 9.48. The minimum atomic E-state index is -3.33. The predicted molar refractivity (Wildman–Crippen MR) is 119 cm³/mol. The fraction of sp³-hybridized carbons (Fsp3) is 0.167. The Balaban J connectivity index is 1.89. The van der Waals surface area contributed by atoms with Crippen LogP contribution in [0.3, 0.4) is 0 Å². The van der Waals surface area contributed by atoms with Crippen LogP contribution in [0.4, 0.5) is 5.69 Å². The maximum absolute atomic E-state index is 11.6. The van der Waals surface area contributed by atoms with Crippen molar-refractivity contribution in [2.45, 2.75) is 12.8 Å². The van der Waals surface area contributed by atoms with Gasteiger partial charge >= 0.3 is 0 Å². The van der Waals surface area contributed by atoms with E-state index in [-0.39, 0.29) is 0 Å². The summed E-state index contributed by atoms with van der Waals surface area (Å²) in [4.78, 5) is 0. The molecule has 0 saturated heterocycles. The molecule has 0 atom stereocenters. The Morgan fingerprint density at radius 2 is 1.66 bits per heavy atom. The summed E-state index contributed by atoms with van der Waals surface area (Å²) in [6.07, 6.45) is 5.21. The van der Waals surface area contributed by atoms with Crippen LogP contribution in [-0.2, 0) is 22.9 Å². The van der Waals surface area contributed by atoms with Crippen molar-refractivity contribution in [1.82, 2.24) is 0 Å². The predicted octanol–water partition coefficient (Wildman–Crippen LogP) is 4.75. The van der Waals surface area contributed by atoms with Crippen LogP contribution < -0.4 is 9.46 Å². The highest BCUT2D eigenvalue weighted by molar-refractivity contribution is 7.92. The second kappa shape index (κ2) is 7.76. The molecule has 5 heteroatoms. The molecular weight excluding hydrogens is 382 g/mol. The third-order valence-corrected chi connectivity index (χ3v) is 5.69. The van der Waals surface area contributed by atoms with Crippen molar-refractivity contribution in [2.24, 2.45) is 0 Å². The number of hydrogen-bond acceptors (Lipinski definition) is 3. The van der Waals surface area contributed by atoms with E-state index in [1.165, 1.54) is 16.7 Å². The highest BCUT2D eigenvalue weighted by Crippen LogP contribution is 2.36. The van der Waals surface area contributed by atoms with Crippen molar-refractivity contribution >= 4 is 27.4 Å². The molecule has 1 aliphatic carbocycles. The van der Waals surface area contributed by atoms with Crippen LogP contribution in [0.5, 0.6) is 5.75 Å². The van der Waals surface area contributed by atoms with E-state index in [4.69, 9.17) is 4.74 Å². The minimum Gasteiger partial charge on any atom is -0.497 e. The standard InChI is InChI=1S/C24H23NO3S/c1-28-21-13-12-19-11-10-18-7-3-4-9-22(18)24(23(19)16-21)15-17-6-5-8-20(14-17)25-29(2,26)27/h3-9,12-16,25H,10-11H2,1-2H3/b24-15-. The second-order valence-electron chi connectivity index (χ2n) is 7.24. The molecule has 29 heavy (non-hydrogen) atoms. The van der Waals surface area contributed by atoms with Gasteiger partial charge in [0.05, 0.1) is 13.4 Å². The largest absolute Gasteiger partial charge is 0.497 e. The lowest BCUT2D eigenvalue weighted by molar-refractivity contribution is 0.414. The van der Waals surface area contributed by atoms with Gasteiger partial charge in [0.1, 0.15) is 5.75 Å². The number of nitrogens with one attached hydrogen (secondary N) is 1. The number of aryl methyl sites for hydroxylation is 2. The van der Waals surface area contributed by atoms with Crippen molar-refractivity contribution in [1.29, 1.82) is 0 Å². The molecule has 0 radical (unpaired) electrons. The summed E-state index contributed by atoms with van der Waals surface area (Å²) in [6, 6.07) is 22.1. The molecule has 0 unspecified atom stereocenters. The Labute approximate surface area is 171 Å². The van der Waals surface area contributed by atoms with Crippen molar-refractivity contribution in [2.75, 3.05) is 18.1 Å². The Morgan fingerprint density at radius 3 is 2.41 bits per heavy atom. The third-order valence-electron chi connectivity index (χ3n) is 5.08. The molecular formula is C24H23NO3S. The van der Waals surface area contributed by atoms with E-state index >= 15 is 0 Å². The summed E-state index contributed by atoms with van der Waals surface area (Å²) >= 11 is 0. The lowest BCUT2D eigenvalue weighted by Crippen LogP contribution is -2.09.